The SMILES string of the molecule is Cl.Cl.NC1CCC(Nc2ncc3ncn(C4CCCC4)c3n2)CC1. The van der Waals surface area contributed by atoms with Gasteiger partial charge in [-0.1, -0.05) is 12.8 Å². The van der Waals surface area contributed by atoms with Crippen LogP contribution >= 0.6 is 24.8 Å². The van der Waals surface area contributed by atoms with Gasteiger partial charge in [-0.3, -0.25) is 0 Å². The van der Waals surface area contributed by atoms with E-state index >= 15 is 0 Å². The first-order valence-electron chi connectivity index (χ1n) is 8.51. The van der Waals surface area contributed by atoms with E-state index < -0.39 is 0 Å². The lowest BCUT2D eigenvalue weighted by Gasteiger charge is -2.26. The van der Waals surface area contributed by atoms with Crippen molar-refractivity contribution < 1.29 is 0 Å². The minimum Gasteiger partial charge on any atom is -0.351 e. The van der Waals surface area contributed by atoms with Gasteiger partial charge in [-0.05, 0) is 38.5 Å². The summed E-state index contributed by atoms with van der Waals surface area (Å²) in [5.41, 5.74) is 7.83. The molecule has 2 aliphatic carbocycles. The number of fused-ring (bicyclic) bond motifs is 1. The highest BCUT2D eigenvalue weighted by atomic mass is 35.5. The molecule has 6 nitrogen and oxygen atoms in total. The Balaban J connectivity index is 0.00000104. The Morgan fingerprint density at radius 1 is 1.00 bits per heavy atom. The molecule has 2 fully saturated rings. The van der Waals surface area contributed by atoms with Crippen LogP contribution in [0.1, 0.15) is 57.4 Å². The minimum atomic E-state index is 0. The fourth-order valence-electron chi connectivity index (χ4n) is 3.79. The monoisotopic (exact) mass is 372 g/mol. The Labute approximate surface area is 154 Å². The molecule has 4 rings (SSSR count). The van der Waals surface area contributed by atoms with Crippen LogP contribution in [0.15, 0.2) is 12.5 Å². The number of hydrogen-bond acceptors (Lipinski definition) is 5. The Hall–Kier alpha value is -1.11. The molecule has 2 saturated carbocycles. The Morgan fingerprint density at radius 3 is 2.42 bits per heavy atom. The van der Waals surface area contributed by atoms with Crippen molar-refractivity contribution in [1.82, 2.24) is 19.5 Å². The second kappa shape index (κ2) is 8.32. The molecule has 2 aromatic heterocycles. The fourth-order valence-corrected chi connectivity index (χ4v) is 3.79. The van der Waals surface area contributed by atoms with E-state index in [0.29, 0.717) is 18.1 Å². The first-order chi connectivity index (χ1) is 10.8. The summed E-state index contributed by atoms with van der Waals surface area (Å²) in [6.45, 7) is 0. The molecule has 0 aromatic carbocycles. The predicted molar refractivity (Wildman–Crippen MR) is 101 cm³/mol. The molecule has 0 radical (unpaired) electrons. The van der Waals surface area contributed by atoms with Crippen LogP contribution in [0.3, 0.4) is 0 Å². The summed E-state index contributed by atoms with van der Waals surface area (Å²) in [6, 6.07) is 1.37. The van der Waals surface area contributed by atoms with Crippen molar-refractivity contribution in [2.45, 2.75) is 69.5 Å². The summed E-state index contributed by atoms with van der Waals surface area (Å²) in [5, 5.41) is 3.48. The van der Waals surface area contributed by atoms with Crippen molar-refractivity contribution in [2.24, 2.45) is 5.73 Å². The van der Waals surface area contributed by atoms with E-state index in [-0.39, 0.29) is 24.8 Å². The molecule has 24 heavy (non-hydrogen) atoms. The number of halogens is 2. The molecule has 2 aromatic rings. The molecular formula is C16H26Cl2N6. The molecule has 0 spiro atoms. The number of nitrogens with zero attached hydrogens (tertiary/aromatic N) is 4. The van der Waals surface area contributed by atoms with Gasteiger partial charge in [0, 0.05) is 18.1 Å². The molecule has 0 amide bonds. The third-order valence-electron chi connectivity index (χ3n) is 5.14. The molecule has 0 aliphatic heterocycles. The quantitative estimate of drug-likeness (QED) is 0.861. The van der Waals surface area contributed by atoms with Gasteiger partial charge in [0.25, 0.3) is 0 Å². The maximum absolute atomic E-state index is 5.97. The average molecular weight is 373 g/mol. The van der Waals surface area contributed by atoms with Gasteiger partial charge in [-0.2, -0.15) is 4.98 Å². The minimum absolute atomic E-state index is 0. The van der Waals surface area contributed by atoms with Crippen molar-refractivity contribution in [2.75, 3.05) is 5.32 Å². The smallest absolute Gasteiger partial charge is 0.224 e. The summed E-state index contributed by atoms with van der Waals surface area (Å²) >= 11 is 0. The van der Waals surface area contributed by atoms with Crippen LogP contribution < -0.4 is 11.1 Å². The summed E-state index contributed by atoms with van der Waals surface area (Å²) in [4.78, 5) is 13.6. The van der Waals surface area contributed by atoms with E-state index in [4.69, 9.17) is 10.7 Å². The summed E-state index contributed by atoms with van der Waals surface area (Å²) in [5.74, 6) is 0.729. The average Bonchev–Trinajstić information content (AvgIpc) is 3.18. The van der Waals surface area contributed by atoms with E-state index in [1.807, 2.05) is 12.5 Å². The lowest BCUT2D eigenvalue weighted by molar-refractivity contribution is 0.410. The van der Waals surface area contributed by atoms with Crippen LogP contribution in [0, 0.1) is 0 Å². The summed E-state index contributed by atoms with van der Waals surface area (Å²) in [6.07, 6.45) is 13.2. The number of aromatic nitrogens is 4. The van der Waals surface area contributed by atoms with E-state index in [1.165, 1.54) is 25.7 Å². The predicted octanol–water partition coefficient (Wildman–Crippen LogP) is 3.47. The van der Waals surface area contributed by atoms with Gasteiger partial charge in [-0.25, -0.2) is 9.97 Å². The summed E-state index contributed by atoms with van der Waals surface area (Å²) < 4.78 is 2.24. The van der Waals surface area contributed by atoms with E-state index in [0.717, 1.165) is 42.8 Å². The van der Waals surface area contributed by atoms with Crippen molar-refractivity contribution >= 4 is 41.9 Å². The number of anilines is 1. The molecule has 0 saturated heterocycles. The topological polar surface area (TPSA) is 81.6 Å². The lowest BCUT2D eigenvalue weighted by Crippen LogP contribution is -2.33. The zero-order valence-electron chi connectivity index (χ0n) is 13.7. The highest BCUT2D eigenvalue weighted by Crippen LogP contribution is 2.31. The van der Waals surface area contributed by atoms with Gasteiger partial charge in [0.1, 0.15) is 5.52 Å². The van der Waals surface area contributed by atoms with E-state index in [1.54, 1.807) is 0 Å². The van der Waals surface area contributed by atoms with Crippen LogP contribution in [0.4, 0.5) is 5.95 Å². The van der Waals surface area contributed by atoms with Crippen LogP contribution in [-0.4, -0.2) is 31.6 Å². The third-order valence-corrected chi connectivity index (χ3v) is 5.14. The lowest BCUT2D eigenvalue weighted by atomic mass is 9.92. The first-order valence-corrected chi connectivity index (χ1v) is 8.51. The van der Waals surface area contributed by atoms with Crippen molar-refractivity contribution in [3.63, 3.8) is 0 Å². The van der Waals surface area contributed by atoms with Gasteiger partial charge >= 0.3 is 0 Å². The molecule has 134 valence electrons. The molecule has 0 unspecified atom stereocenters. The number of nitrogens with one attached hydrogen (secondary N) is 1. The molecular weight excluding hydrogens is 347 g/mol. The standard InChI is InChI=1S/C16H24N6.2ClH/c17-11-5-7-12(8-6-11)20-16-18-9-14-15(21-16)22(10-19-14)13-3-1-2-4-13;;/h9-13H,1-8,17H2,(H,18,20,21);2*1H. The number of rotatable bonds is 3. The molecule has 0 atom stereocenters. The van der Waals surface area contributed by atoms with Crippen LogP contribution in [-0.2, 0) is 0 Å². The Bertz CT molecular complexity index is 647. The summed E-state index contributed by atoms with van der Waals surface area (Å²) in [7, 11) is 0. The van der Waals surface area contributed by atoms with E-state index in [2.05, 4.69) is 19.9 Å². The molecule has 2 aliphatic rings. The van der Waals surface area contributed by atoms with Crippen LogP contribution in [0.2, 0.25) is 0 Å². The molecule has 2 heterocycles. The second-order valence-electron chi connectivity index (χ2n) is 6.75. The zero-order valence-corrected chi connectivity index (χ0v) is 15.4. The molecule has 0 bridgehead atoms. The van der Waals surface area contributed by atoms with Gasteiger partial charge in [0.05, 0.1) is 12.5 Å². The fraction of sp³-hybridized carbons (Fsp3) is 0.688. The zero-order chi connectivity index (χ0) is 14.9. The molecule has 3 N–H and O–H groups in total. The Kier molecular flexibility index (Phi) is 6.66. The highest BCUT2D eigenvalue weighted by molar-refractivity contribution is 5.85. The highest BCUT2D eigenvalue weighted by Gasteiger charge is 2.21. The van der Waals surface area contributed by atoms with Gasteiger partial charge in [-0.15, -0.1) is 24.8 Å². The van der Waals surface area contributed by atoms with Crippen LogP contribution in [0.25, 0.3) is 11.2 Å². The van der Waals surface area contributed by atoms with E-state index in [9.17, 15) is 0 Å². The second-order valence-corrected chi connectivity index (χ2v) is 6.75. The first kappa shape index (κ1) is 19.2. The third kappa shape index (κ3) is 3.92. The van der Waals surface area contributed by atoms with Gasteiger partial charge < -0.3 is 15.6 Å². The maximum Gasteiger partial charge on any atom is 0.224 e. The van der Waals surface area contributed by atoms with Crippen molar-refractivity contribution in [3.8, 4) is 0 Å². The number of hydrogen-bond donors (Lipinski definition) is 2. The van der Waals surface area contributed by atoms with Gasteiger partial charge in [0.15, 0.2) is 5.65 Å². The van der Waals surface area contributed by atoms with Gasteiger partial charge in [0.2, 0.25) is 5.95 Å². The number of imidazole rings is 1. The maximum atomic E-state index is 5.97. The van der Waals surface area contributed by atoms with Crippen molar-refractivity contribution in [1.29, 1.82) is 0 Å². The normalized spacial score (nSPS) is 24.4. The Morgan fingerprint density at radius 2 is 1.71 bits per heavy atom. The largest absolute Gasteiger partial charge is 0.351 e. The van der Waals surface area contributed by atoms with Crippen molar-refractivity contribution in [3.05, 3.63) is 12.5 Å². The van der Waals surface area contributed by atoms with Crippen LogP contribution in [0.5, 0.6) is 0 Å². The number of nitrogens with two attached hydrogens (primary N) is 1. The molecule has 8 heteroatoms.